The average Bonchev–Trinajstić information content (AvgIpc) is 2.96. The Kier molecular flexibility index (Phi) is 12.5. The standard InChI is InChI=1S/C21H35BrO2S/c1-4-6-8-9-10-11-12-13-15-18-16-25-20(22)19(18)21(23)24-17(3)14-7-5-2/h16-17H,4-15H2,1-3H3. The maximum atomic E-state index is 12.5. The van der Waals surface area contributed by atoms with Gasteiger partial charge in [-0.2, -0.15) is 0 Å². The molecule has 0 aromatic carbocycles. The van der Waals surface area contributed by atoms with E-state index in [2.05, 4.69) is 35.2 Å². The van der Waals surface area contributed by atoms with Crippen molar-refractivity contribution in [2.24, 2.45) is 0 Å². The molecule has 0 fully saturated rings. The Morgan fingerprint density at radius 1 is 1.04 bits per heavy atom. The summed E-state index contributed by atoms with van der Waals surface area (Å²) in [5.41, 5.74) is 1.91. The molecular formula is C21H35BrO2S. The topological polar surface area (TPSA) is 26.3 Å². The number of aryl methyl sites for hydroxylation is 1. The Labute approximate surface area is 166 Å². The van der Waals surface area contributed by atoms with Gasteiger partial charge in [-0.05, 0) is 53.1 Å². The van der Waals surface area contributed by atoms with Crippen LogP contribution in [-0.2, 0) is 11.2 Å². The van der Waals surface area contributed by atoms with E-state index in [-0.39, 0.29) is 12.1 Å². The first-order valence-corrected chi connectivity index (χ1v) is 11.7. The molecule has 0 radical (unpaired) electrons. The highest BCUT2D eigenvalue weighted by Gasteiger charge is 2.20. The lowest BCUT2D eigenvalue weighted by Gasteiger charge is -2.13. The summed E-state index contributed by atoms with van der Waals surface area (Å²) in [7, 11) is 0. The third-order valence-corrected chi connectivity index (χ3v) is 6.37. The minimum absolute atomic E-state index is 0.00443. The molecule has 0 saturated heterocycles. The van der Waals surface area contributed by atoms with Gasteiger partial charge in [0.15, 0.2) is 0 Å². The van der Waals surface area contributed by atoms with Gasteiger partial charge in [-0.3, -0.25) is 0 Å². The summed E-state index contributed by atoms with van der Waals surface area (Å²) in [5.74, 6) is -0.161. The molecule has 25 heavy (non-hydrogen) atoms. The lowest BCUT2D eigenvalue weighted by molar-refractivity contribution is 0.0318. The van der Waals surface area contributed by atoms with Crippen LogP contribution in [0.25, 0.3) is 0 Å². The Balaban J connectivity index is 2.37. The smallest absolute Gasteiger partial charge is 0.340 e. The van der Waals surface area contributed by atoms with Crippen LogP contribution in [0.5, 0.6) is 0 Å². The molecule has 0 aliphatic rings. The van der Waals surface area contributed by atoms with Crippen LogP contribution < -0.4 is 0 Å². The molecule has 0 N–H and O–H groups in total. The second kappa shape index (κ2) is 13.8. The first-order valence-electron chi connectivity index (χ1n) is 10.1. The molecule has 1 unspecified atom stereocenters. The first-order chi connectivity index (χ1) is 12.1. The van der Waals surface area contributed by atoms with Crippen molar-refractivity contribution in [2.45, 2.75) is 104 Å². The van der Waals surface area contributed by atoms with Gasteiger partial charge in [0.25, 0.3) is 0 Å². The van der Waals surface area contributed by atoms with Crippen LogP contribution in [0, 0.1) is 0 Å². The van der Waals surface area contributed by atoms with Gasteiger partial charge in [0.05, 0.1) is 15.5 Å². The van der Waals surface area contributed by atoms with E-state index in [1.54, 1.807) is 11.3 Å². The first kappa shape index (κ1) is 22.7. The maximum absolute atomic E-state index is 12.5. The Morgan fingerprint density at radius 3 is 2.28 bits per heavy atom. The van der Waals surface area contributed by atoms with Crippen LogP contribution in [0.4, 0.5) is 0 Å². The highest BCUT2D eigenvalue weighted by molar-refractivity contribution is 9.11. The molecule has 1 rings (SSSR count). The molecule has 4 heteroatoms. The van der Waals surface area contributed by atoms with Crippen LogP contribution >= 0.6 is 27.3 Å². The Bertz CT molecular complexity index is 484. The summed E-state index contributed by atoms with van der Waals surface area (Å²) in [6.45, 7) is 6.41. The van der Waals surface area contributed by atoms with Crippen molar-refractivity contribution in [3.63, 3.8) is 0 Å². The van der Waals surface area contributed by atoms with E-state index in [0.29, 0.717) is 0 Å². The molecule has 0 aliphatic carbocycles. The summed E-state index contributed by atoms with van der Waals surface area (Å²) >= 11 is 5.13. The number of unbranched alkanes of at least 4 members (excludes halogenated alkanes) is 8. The van der Waals surface area contributed by atoms with Gasteiger partial charge in [0.1, 0.15) is 0 Å². The number of rotatable bonds is 14. The van der Waals surface area contributed by atoms with Crippen molar-refractivity contribution >= 4 is 33.2 Å². The van der Waals surface area contributed by atoms with E-state index in [1.165, 1.54) is 44.9 Å². The molecule has 0 amide bonds. The van der Waals surface area contributed by atoms with Crippen molar-refractivity contribution in [2.75, 3.05) is 0 Å². The Hall–Kier alpha value is -0.350. The zero-order valence-electron chi connectivity index (χ0n) is 16.2. The van der Waals surface area contributed by atoms with E-state index in [1.807, 2.05) is 6.92 Å². The van der Waals surface area contributed by atoms with Crippen LogP contribution in [-0.4, -0.2) is 12.1 Å². The molecule has 0 bridgehead atoms. The fourth-order valence-corrected chi connectivity index (χ4v) is 4.51. The summed E-state index contributed by atoms with van der Waals surface area (Å²) in [6.07, 6.45) is 14.6. The van der Waals surface area contributed by atoms with Gasteiger partial charge >= 0.3 is 5.97 Å². The number of hydrogen-bond acceptors (Lipinski definition) is 3. The number of carbonyl (C=O) groups is 1. The zero-order valence-corrected chi connectivity index (χ0v) is 18.6. The molecule has 0 spiro atoms. The number of esters is 1. The second-order valence-electron chi connectivity index (χ2n) is 6.99. The van der Waals surface area contributed by atoms with E-state index in [4.69, 9.17) is 4.74 Å². The lowest BCUT2D eigenvalue weighted by Crippen LogP contribution is -2.16. The maximum Gasteiger partial charge on any atom is 0.340 e. The van der Waals surface area contributed by atoms with E-state index < -0.39 is 0 Å². The monoisotopic (exact) mass is 430 g/mol. The van der Waals surface area contributed by atoms with Crippen LogP contribution in [0.2, 0.25) is 0 Å². The molecular weight excluding hydrogens is 396 g/mol. The van der Waals surface area contributed by atoms with Crippen LogP contribution in [0.1, 0.15) is 107 Å². The number of halogens is 1. The summed E-state index contributed by atoms with van der Waals surface area (Å²) in [6, 6.07) is 0. The van der Waals surface area contributed by atoms with Gasteiger partial charge in [-0.1, -0.05) is 71.6 Å². The molecule has 144 valence electrons. The van der Waals surface area contributed by atoms with Crippen LogP contribution in [0.3, 0.4) is 0 Å². The quantitative estimate of drug-likeness (QED) is 0.221. The zero-order chi connectivity index (χ0) is 18.5. The summed E-state index contributed by atoms with van der Waals surface area (Å²) in [5, 5.41) is 2.11. The second-order valence-corrected chi connectivity index (χ2v) is 9.19. The number of hydrogen-bond donors (Lipinski definition) is 0. The number of thiophene rings is 1. The average molecular weight is 431 g/mol. The predicted octanol–water partition coefficient (Wildman–Crippen LogP) is 7.93. The van der Waals surface area contributed by atoms with E-state index in [0.717, 1.165) is 47.0 Å². The molecule has 1 heterocycles. The van der Waals surface area contributed by atoms with Gasteiger partial charge < -0.3 is 4.74 Å². The van der Waals surface area contributed by atoms with Crippen LogP contribution in [0.15, 0.2) is 9.17 Å². The molecule has 1 atom stereocenters. The number of carbonyl (C=O) groups excluding carboxylic acids is 1. The largest absolute Gasteiger partial charge is 0.459 e. The molecule has 0 aliphatic heterocycles. The van der Waals surface area contributed by atoms with Crippen molar-refractivity contribution in [1.82, 2.24) is 0 Å². The third-order valence-electron chi connectivity index (χ3n) is 4.60. The summed E-state index contributed by atoms with van der Waals surface area (Å²) < 4.78 is 6.55. The van der Waals surface area contributed by atoms with E-state index in [9.17, 15) is 4.79 Å². The molecule has 2 nitrogen and oxygen atoms in total. The fraction of sp³-hybridized carbons (Fsp3) is 0.762. The minimum atomic E-state index is -0.161. The molecule has 0 saturated carbocycles. The predicted molar refractivity (Wildman–Crippen MR) is 113 cm³/mol. The van der Waals surface area contributed by atoms with Crippen molar-refractivity contribution in [3.8, 4) is 0 Å². The van der Waals surface area contributed by atoms with E-state index >= 15 is 0 Å². The molecule has 1 aromatic heterocycles. The number of ether oxygens (including phenoxy) is 1. The summed E-state index contributed by atoms with van der Waals surface area (Å²) in [4.78, 5) is 12.5. The van der Waals surface area contributed by atoms with Gasteiger partial charge in [-0.15, -0.1) is 11.3 Å². The minimum Gasteiger partial charge on any atom is -0.459 e. The van der Waals surface area contributed by atoms with Crippen molar-refractivity contribution in [1.29, 1.82) is 0 Å². The third kappa shape index (κ3) is 9.23. The van der Waals surface area contributed by atoms with Crippen molar-refractivity contribution < 1.29 is 9.53 Å². The highest BCUT2D eigenvalue weighted by Crippen LogP contribution is 2.30. The van der Waals surface area contributed by atoms with Gasteiger partial charge in [0, 0.05) is 0 Å². The lowest BCUT2D eigenvalue weighted by atomic mass is 10.0. The SMILES string of the molecule is CCCCCCCCCCc1csc(Br)c1C(=O)OC(C)CCCC. The fourth-order valence-electron chi connectivity index (χ4n) is 3.00. The highest BCUT2D eigenvalue weighted by atomic mass is 79.9. The van der Waals surface area contributed by atoms with Gasteiger partial charge in [-0.25, -0.2) is 4.79 Å². The van der Waals surface area contributed by atoms with Crippen molar-refractivity contribution in [3.05, 3.63) is 20.3 Å². The normalized spacial score (nSPS) is 12.3. The Morgan fingerprint density at radius 2 is 1.64 bits per heavy atom. The van der Waals surface area contributed by atoms with Gasteiger partial charge in [0.2, 0.25) is 0 Å². The molecule has 1 aromatic rings.